The van der Waals surface area contributed by atoms with Crippen LogP contribution in [0, 0.1) is 5.41 Å². The van der Waals surface area contributed by atoms with Crippen LogP contribution in [0.1, 0.15) is 30.0 Å². The fourth-order valence-corrected chi connectivity index (χ4v) is 3.23. The minimum absolute atomic E-state index is 0.250. The van der Waals surface area contributed by atoms with Crippen LogP contribution in [0.25, 0.3) is 0 Å². The number of hydrogen-bond acceptors (Lipinski definition) is 3. The molecule has 0 aromatic heterocycles. The van der Waals surface area contributed by atoms with E-state index in [1.165, 1.54) is 30.4 Å². The van der Waals surface area contributed by atoms with Crippen molar-refractivity contribution in [1.29, 1.82) is 0 Å². The van der Waals surface area contributed by atoms with Gasteiger partial charge in [0.25, 0.3) is 6.47 Å². The lowest BCUT2D eigenvalue weighted by Gasteiger charge is -2.37. The molecule has 1 atom stereocenters. The van der Waals surface area contributed by atoms with Crippen molar-refractivity contribution >= 4 is 6.47 Å². The van der Waals surface area contributed by atoms with Crippen molar-refractivity contribution in [2.45, 2.75) is 25.3 Å². The molecule has 1 unspecified atom stereocenters. The van der Waals surface area contributed by atoms with Gasteiger partial charge in [0.05, 0.1) is 0 Å². The Bertz CT molecular complexity index is 414. The predicted molar refractivity (Wildman–Crippen MR) is 70.3 cm³/mol. The van der Waals surface area contributed by atoms with Crippen LogP contribution >= 0.6 is 0 Å². The van der Waals surface area contributed by atoms with Gasteiger partial charge in [0.1, 0.15) is 0 Å². The lowest BCUT2D eigenvalue weighted by Crippen LogP contribution is -2.41. The number of benzene rings is 1. The molecule has 1 aliphatic heterocycles. The number of piperidine rings is 1. The highest BCUT2D eigenvalue weighted by molar-refractivity contribution is 5.38. The minimum Gasteiger partial charge on any atom is -0.483 e. The third kappa shape index (κ3) is 2.26. The van der Waals surface area contributed by atoms with Crippen LogP contribution < -0.4 is 11.1 Å². The monoisotopic (exact) mass is 248 g/mol. The van der Waals surface area contributed by atoms with Gasteiger partial charge in [-0.25, -0.2) is 0 Å². The second kappa shape index (κ2) is 5.50. The summed E-state index contributed by atoms with van der Waals surface area (Å²) in [5, 5.41) is 10.3. The molecule has 1 aromatic rings. The third-order valence-corrected chi connectivity index (χ3v) is 4.19. The van der Waals surface area contributed by atoms with Crippen LogP contribution in [0.2, 0.25) is 0 Å². The first kappa shape index (κ1) is 13.1. The van der Waals surface area contributed by atoms with E-state index in [4.69, 9.17) is 15.6 Å². The molecule has 0 amide bonds. The first-order valence-electron chi connectivity index (χ1n) is 6.35. The van der Waals surface area contributed by atoms with Crippen molar-refractivity contribution in [3.8, 4) is 0 Å². The average Bonchev–Trinajstić information content (AvgIpc) is 2.65. The molecule has 18 heavy (non-hydrogen) atoms. The molecule has 1 aromatic carbocycles. The summed E-state index contributed by atoms with van der Waals surface area (Å²) in [6.07, 6.45) is 3.64. The normalized spacial score (nSPS) is 23.9. The SMILES string of the molecule is NC1c2ccccc2CC12CCNCC2.O=CO. The van der Waals surface area contributed by atoms with Gasteiger partial charge in [-0.3, -0.25) is 4.79 Å². The van der Waals surface area contributed by atoms with E-state index >= 15 is 0 Å². The molecule has 98 valence electrons. The maximum atomic E-state index is 8.36. The van der Waals surface area contributed by atoms with E-state index in [1.807, 2.05) is 0 Å². The van der Waals surface area contributed by atoms with Gasteiger partial charge in [0.15, 0.2) is 0 Å². The van der Waals surface area contributed by atoms with E-state index in [0.717, 1.165) is 13.1 Å². The molecule has 1 heterocycles. The summed E-state index contributed by atoms with van der Waals surface area (Å²) in [6, 6.07) is 8.95. The Hall–Kier alpha value is -1.39. The van der Waals surface area contributed by atoms with Crippen LogP contribution in [-0.4, -0.2) is 24.7 Å². The van der Waals surface area contributed by atoms with Crippen molar-refractivity contribution < 1.29 is 9.90 Å². The zero-order valence-corrected chi connectivity index (χ0v) is 10.4. The Morgan fingerprint density at radius 1 is 1.33 bits per heavy atom. The van der Waals surface area contributed by atoms with Crippen molar-refractivity contribution in [2.24, 2.45) is 11.1 Å². The molecular weight excluding hydrogens is 228 g/mol. The predicted octanol–water partition coefficient (Wildman–Crippen LogP) is 1.31. The molecule has 1 fully saturated rings. The van der Waals surface area contributed by atoms with Gasteiger partial charge >= 0.3 is 0 Å². The second-order valence-electron chi connectivity index (χ2n) is 5.07. The fourth-order valence-electron chi connectivity index (χ4n) is 3.23. The van der Waals surface area contributed by atoms with E-state index in [-0.39, 0.29) is 12.5 Å². The number of nitrogens with two attached hydrogens (primary N) is 1. The number of carboxylic acid groups (broad SMARTS) is 1. The number of fused-ring (bicyclic) bond motifs is 1. The molecule has 3 rings (SSSR count). The zero-order valence-electron chi connectivity index (χ0n) is 10.4. The average molecular weight is 248 g/mol. The molecule has 0 saturated carbocycles. The maximum Gasteiger partial charge on any atom is 0.290 e. The molecule has 4 heteroatoms. The second-order valence-corrected chi connectivity index (χ2v) is 5.07. The highest BCUT2D eigenvalue weighted by Crippen LogP contribution is 2.49. The molecule has 1 spiro atoms. The van der Waals surface area contributed by atoms with Gasteiger partial charge in [0.2, 0.25) is 0 Å². The number of rotatable bonds is 0. The molecule has 0 radical (unpaired) electrons. The van der Waals surface area contributed by atoms with Crippen molar-refractivity contribution in [1.82, 2.24) is 5.32 Å². The summed E-state index contributed by atoms with van der Waals surface area (Å²) in [6.45, 7) is 2.00. The van der Waals surface area contributed by atoms with Crippen LogP contribution in [0.4, 0.5) is 0 Å². The van der Waals surface area contributed by atoms with Crippen molar-refractivity contribution in [3.63, 3.8) is 0 Å². The lowest BCUT2D eigenvalue weighted by molar-refractivity contribution is -0.122. The van der Waals surface area contributed by atoms with Crippen LogP contribution in [-0.2, 0) is 11.2 Å². The summed E-state index contributed by atoms with van der Waals surface area (Å²) in [7, 11) is 0. The summed E-state index contributed by atoms with van der Waals surface area (Å²) in [4.78, 5) is 8.36. The van der Waals surface area contributed by atoms with E-state index in [1.54, 1.807) is 0 Å². The Balaban J connectivity index is 0.000000367. The third-order valence-electron chi connectivity index (χ3n) is 4.19. The van der Waals surface area contributed by atoms with Gasteiger partial charge in [0, 0.05) is 6.04 Å². The molecule has 1 aliphatic carbocycles. The Labute approximate surface area is 107 Å². The standard InChI is InChI=1S/C13H18N2.CH2O2/c14-12-11-4-2-1-3-10(11)9-13(12)5-7-15-8-6-13;2-1-3/h1-4,12,15H,5-9,14H2;1H,(H,2,3). The van der Waals surface area contributed by atoms with E-state index in [0.29, 0.717) is 5.41 Å². The van der Waals surface area contributed by atoms with E-state index < -0.39 is 0 Å². The van der Waals surface area contributed by atoms with Crippen LogP contribution in [0.3, 0.4) is 0 Å². The number of hydrogen-bond donors (Lipinski definition) is 3. The molecule has 2 aliphatic rings. The summed E-state index contributed by atoms with van der Waals surface area (Å²) < 4.78 is 0. The highest BCUT2D eigenvalue weighted by Gasteiger charge is 2.44. The van der Waals surface area contributed by atoms with Gasteiger partial charge in [-0.1, -0.05) is 24.3 Å². The van der Waals surface area contributed by atoms with Gasteiger partial charge in [-0.05, 0) is 48.9 Å². The fraction of sp³-hybridized carbons (Fsp3) is 0.500. The molecule has 0 bridgehead atoms. The number of nitrogens with one attached hydrogen (secondary N) is 1. The lowest BCUT2D eigenvalue weighted by atomic mass is 9.73. The number of carbonyl (C=O) groups is 1. The molecular formula is C14H20N2O2. The largest absolute Gasteiger partial charge is 0.483 e. The Morgan fingerprint density at radius 2 is 1.94 bits per heavy atom. The van der Waals surface area contributed by atoms with Gasteiger partial charge in [-0.15, -0.1) is 0 Å². The zero-order chi connectivity index (χ0) is 13.0. The molecule has 1 saturated heterocycles. The van der Waals surface area contributed by atoms with E-state index in [2.05, 4.69) is 29.6 Å². The molecule has 4 nitrogen and oxygen atoms in total. The van der Waals surface area contributed by atoms with Crippen molar-refractivity contribution in [3.05, 3.63) is 35.4 Å². The van der Waals surface area contributed by atoms with Crippen LogP contribution in [0.15, 0.2) is 24.3 Å². The summed E-state index contributed by atoms with van der Waals surface area (Å²) in [5.74, 6) is 0. The Morgan fingerprint density at radius 3 is 2.56 bits per heavy atom. The minimum atomic E-state index is -0.250. The summed E-state index contributed by atoms with van der Waals surface area (Å²) >= 11 is 0. The maximum absolute atomic E-state index is 8.36. The first-order chi connectivity index (χ1) is 8.73. The quantitative estimate of drug-likeness (QED) is 0.605. The molecule has 4 N–H and O–H groups in total. The Kier molecular flexibility index (Phi) is 3.99. The smallest absolute Gasteiger partial charge is 0.290 e. The van der Waals surface area contributed by atoms with E-state index in [9.17, 15) is 0 Å². The first-order valence-corrected chi connectivity index (χ1v) is 6.35. The highest BCUT2D eigenvalue weighted by atomic mass is 16.3. The summed E-state index contributed by atoms with van der Waals surface area (Å²) in [5.41, 5.74) is 9.65. The van der Waals surface area contributed by atoms with Crippen LogP contribution in [0.5, 0.6) is 0 Å². The van der Waals surface area contributed by atoms with Gasteiger partial charge < -0.3 is 16.2 Å². The van der Waals surface area contributed by atoms with Gasteiger partial charge in [-0.2, -0.15) is 0 Å². The topological polar surface area (TPSA) is 75.3 Å². The van der Waals surface area contributed by atoms with Crippen molar-refractivity contribution in [2.75, 3.05) is 13.1 Å².